The van der Waals surface area contributed by atoms with E-state index in [1.807, 2.05) is 13.1 Å². The van der Waals surface area contributed by atoms with Gasteiger partial charge in [-0.2, -0.15) is 0 Å². The fourth-order valence-corrected chi connectivity index (χ4v) is 5.78. The largest absolute Gasteiger partial charge is 0.464 e. The van der Waals surface area contributed by atoms with Gasteiger partial charge in [0.15, 0.2) is 0 Å². The maximum atomic E-state index is 13.4. The number of nitrogens with zero attached hydrogens (tertiary/aromatic N) is 3. The van der Waals surface area contributed by atoms with Crippen LogP contribution >= 0.6 is 0 Å². The van der Waals surface area contributed by atoms with E-state index in [4.69, 9.17) is 14.7 Å². The number of amides is 1. The second kappa shape index (κ2) is 9.88. The molecular formula is C30H42N4O3. The summed E-state index contributed by atoms with van der Waals surface area (Å²) in [5.74, 6) is 1.49. The molecule has 3 fully saturated rings. The lowest BCUT2D eigenvalue weighted by atomic mass is 9.85. The standard InChI is InChI=1S/C30H42N4O3/c1-29(2,3)26-17-23(32-28(33-26)30(4)11-12-30)22-16-25(27(36)31-20-14-21(15-20)37-18-35)34(5)24(22)13-19-9-7-6-8-10-19/h16-21H,6-15H2,1-5H3,(H,31,36). The topological polar surface area (TPSA) is 86.1 Å². The molecule has 1 N–H and O–H groups in total. The van der Waals surface area contributed by atoms with E-state index in [9.17, 15) is 9.59 Å². The molecule has 37 heavy (non-hydrogen) atoms. The Kier molecular flexibility index (Phi) is 6.92. The summed E-state index contributed by atoms with van der Waals surface area (Å²) >= 11 is 0. The Labute approximate surface area is 220 Å². The SMILES string of the molecule is Cn1c(C(=O)NC2CC(OC=O)C2)cc(-c2cc(C(C)(C)C)nc(C3(C)CC3)n2)c1CC1CCCCC1. The molecule has 0 bridgehead atoms. The van der Waals surface area contributed by atoms with E-state index in [-0.39, 0.29) is 28.9 Å². The van der Waals surface area contributed by atoms with E-state index < -0.39 is 0 Å². The maximum absolute atomic E-state index is 13.4. The van der Waals surface area contributed by atoms with Crippen molar-refractivity contribution in [1.29, 1.82) is 0 Å². The molecule has 1 amide bonds. The summed E-state index contributed by atoms with van der Waals surface area (Å²) in [5, 5.41) is 3.15. The molecule has 2 aromatic heterocycles. The fraction of sp³-hybridized carbons (Fsp3) is 0.667. The van der Waals surface area contributed by atoms with Gasteiger partial charge in [-0.1, -0.05) is 59.8 Å². The van der Waals surface area contributed by atoms with Crippen LogP contribution in [0.3, 0.4) is 0 Å². The van der Waals surface area contributed by atoms with E-state index in [1.54, 1.807) is 0 Å². The molecule has 2 heterocycles. The van der Waals surface area contributed by atoms with Crippen molar-refractivity contribution in [2.45, 2.75) is 115 Å². The number of rotatable bonds is 8. The lowest BCUT2D eigenvalue weighted by molar-refractivity contribution is -0.138. The lowest BCUT2D eigenvalue weighted by Crippen LogP contribution is -2.48. The van der Waals surface area contributed by atoms with E-state index >= 15 is 0 Å². The first-order chi connectivity index (χ1) is 17.6. The third kappa shape index (κ3) is 5.46. The molecule has 0 spiro atoms. The third-order valence-electron chi connectivity index (χ3n) is 8.79. The van der Waals surface area contributed by atoms with Crippen LogP contribution in [-0.2, 0) is 33.8 Å². The number of aromatic nitrogens is 3. The van der Waals surface area contributed by atoms with Crippen molar-refractivity contribution in [1.82, 2.24) is 19.9 Å². The zero-order chi connectivity index (χ0) is 26.4. The Hall–Kier alpha value is -2.70. The van der Waals surface area contributed by atoms with Crippen LogP contribution in [0, 0.1) is 5.92 Å². The van der Waals surface area contributed by atoms with Gasteiger partial charge in [-0.15, -0.1) is 0 Å². The van der Waals surface area contributed by atoms with Crippen molar-refractivity contribution in [2.24, 2.45) is 13.0 Å². The van der Waals surface area contributed by atoms with Crippen LogP contribution in [-0.4, -0.2) is 39.1 Å². The van der Waals surface area contributed by atoms with Gasteiger partial charge in [0, 0.05) is 48.0 Å². The molecule has 3 saturated carbocycles. The summed E-state index contributed by atoms with van der Waals surface area (Å²) in [4.78, 5) is 34.2. The number of hydrogen-bond donors (Lipinski definition) is 1. The highest BCUT2D eigenvalue weighted by Gasteiger charge is 2.43. The van der Waals surface area contributed by atoms with Crippen LogP contribution < -0.4 is 5.32 Å². The quantitative estimate of drug-likeness (QED) is 0.485. The van der Waals surface area contributed by atoms with E-state index in [2.05, 4.69) is 43.6 Å². The van der Waals surface area contributed by atoms with Gasteiger partial charge in [0.2, 0.25) is 0 Å². The van der Waals surface area contributed by atoms with Crippen molar-refractivity contribution in [3.8, 4) is 11.3 Å². The molecule has 3 aliphatic rings. The van der Waals surface area contributed by atoms with Crippen molar-refractivity contribution in [3.05, 3.63) is 35.0 Å². The van der Waals surface area contributed by atoms with Crippen LogP contribution in [0.25, 0.3) is 11.3 Å². The number of nitrogens with one attached hydrogen (secondary N) is 1. The number of carbonyl (C=O) groups excluding carboxylic acids is 2. The Morgan fingerprint density at radius 3 is 2.49 bits per heavy atom. The van der Waals surface area contributed by atoms with Gasteiger partial charge in [0.25, 0.3) is 12.4 Å². The first-order valence-electron chi connectivity index (χ1n) is 14.1. The predicted molar refractivity (Wildman–Crippen MR) is 143 cm³/mol. The van der Waals surface area contributed by atoms with Gasteiger partial charge < -0.3 is 14.6 Å². The zero-order valence-corrected chi connectivity index (χ0v) is 23.1. The average Bonchev–Trinajstić information content (AvgIpc) is 3.52. The molecule has 5 rings (SSSR count). The molecule has 0 aliphatic heterocycles. The Balaban J connectivity index is 1.51. The second-order valence-electron chi connectivity index (χ2n) is 12.9. The molecule has 7 heteroatoms. The Bertz CT molecular complexity index is 1140. The van der Waals surface area contributed by atoms with Crippen LogP contribution in [0.5, 0.6) is 0 Å². The molecule has 200 valence electrons. The molecule has 3 aliphatic carbocycles. The molecule has 0 radical (unpaired) electrons. The summed E-state index contributed by atoms with van der Waals surface area (Å²) in [6.07, 6.45) is 10.8. The smallest absolute Gasteiger partial charge is 0.293 e. The third-order valence-corrected chi connectivity index (χ3v) is 8.79. The highest BCUT2D eigenvalue weighted by atomic mass is 16.5. The molecular weight excluding hydrogens is 464 g/mol. The molecule has 0 atom stereocenters. The van der Waals surface area contributed by atoms with Crippen molar-refractivity contribution < 1.29 is 14.3 Å². The number of ether oxygens (including phenoxy) is 1. The first-order valence-corrected chi connectivity index (χ1v) is 14.1. The first kappa shape index (κ1) is 25.9. The molecule has 0 saturated heterocycles. The van der Waals surface area contributed by atoms with Gasteiger partial charge >= 0.3 is 0 Å². The zero-order valence-electron chi connectivity index (χ0n) is 23.1. The second-order valence-corrected chi connectivity index (χ2v) is 12.9. The number of hydrogen-bond acceptors (Lipinski definition) is 5. The molecule has 0 unspecified atom stereocenters. The van der Waals surface area contributed by atoms with Gasteiger partial charge in [-0.05, 0) is 37.3 Å². The average molecular weight is 507 g/mol. The maximum Gasteiger partial charge on any atom is 0.293 e. The molecule has 7 nitrogen and oxygen atoms in total. The van der Waals surface area contributed by atoms with Crippen molar-refractivity contribution in [2.75, 3.05) is 0 Å². The summed E-state index contributed by atoms with van der Waals surface area (Å²) in [6, 6.07) is 4.22. The molecule has 0 aromatic carbocycles. The van der Waals surface area contributed by atoms with Crippen LogP contribution in [0.15, 0.2) is 12.1 Å². The molecule has 2 aromatic rings. The van der Waals surface area contributed by atoms with Gasteiger partial charge in [-0.25, -0.2) is 9.97 Å². The van der Waals surface area contributed by atoms with E-state index in [1.165, 1.54) is 37.8 Å². The lowest BCUT2D eigenvalue weighted by Gasteiger charge is -2.34. The predicted octanol–water partition coefficient (Wildman–Crippen LogP) is 5.39. The van der Waals surface area contributed by atoms with E-state index in [0.29, 0.717) is 30.9 Å². The van der Waals surface area contributed by atoms with Gasteiger partial charge in [-0.3, -0.25) is 9.59 Å². The monoisotopic (exact) mass is 506 g/mol. The summed E-state index contributed by atoms with van der Waals surface area (Å²) in [6.45, 7) is 9.35. The fourth-order valence-electron chi connectivity index (χ4n) is 5.78. The van der Waals surface area contributed by atoms with Crippen LogP contribution in [0.4, 0.5) is 0 Å². The minimum atomic E-state index is -0.0967. The Morgan fingerprint density at radius 2 is 1.86 bits per heavy atom. The summed E-state index contributed by atoms with van der Waals surface area (Å²) in [5.41, 5.74) is 4.86. The summed E-state index contributed by atoms with van der Waals surface area (Å²) < 4.78 is 7.11. The van der Waals surface area contributed by atoms with Gasteiger partial charge in [0.1, 0.15) is 17.6 Å². The van der Waals surface area contributed by atoms with Crippen molar-refractivity contribution >= 4 is 12.4 Å². The normalized spacial score (nSPS) is 23.3. The summed E-state index contributed by atoms with van der Waals surface area (Å²) in [7, 11) is 2.02. The minimum Gasteiger partial charge on any atom is -0.464 e. The van der Waals surface area contributed by atoms with Gasteiger partial charge in [0.05, 0.1) is 11.4 Å². The highest BCUT2D eigenvalue weighted by molar-refractivity contribution is 5.95. The number of carbonyl (C=O) groups is 2. The van der Waals surface area contributed by atoms with Crippen molar-refractivity contribution in [3.63, 3.8) is 0 Å². The van der Waals surface area contributed by atoms with Crippen LogP contribution in [0.2, 0.25) is 0 Å². The Morgan fingerprint density at radius 1 is 1.16 bits per heavy atom. The minimum absolute atomic E-state index is 0.0329. The van der Waals surface area contributed by atoms with E-state index in [0.717, 1.165) is 42.0 Å². The highest BCUT2D eigenvalue weighted by Crippen LogP contribution is 2.47. The van der Waals surface area contributed by atoms with Crippen LogP contribution in [0.1, 0.15) is 113 Å².